The average Bonchev–Trinajstić information content (AvgIpc) is 2.67. The average molecular weight is 342 g/mol. The summed E-state index contributed by atoms with van der Waals surface area (Å²) in [6.07, 6.45) is 3.41. The first-order chi connectivity index (χ1) is 12.3. The van der Waals surface area contributed by atoms with Gasteiger partial charge in [-0.3, -0.25) is 4.90 Å². The van der Waals surface area contributed by atoms with Crippen LogP contribution in [0.1, 0.15) is 24.4 Å². The smallest absolute Gasteiger partial charge is 0.128 e. The van der Waals surface area contributed by atoms with E-state index in [2.05, 4.69) is 20.0 Å². The Bertz CT molecular complexity index is 657. The maximum absolute atomic E-state index is 13.0. The van der Waals surface area contributed by atoms with Crippen molar-refractivity contribution in [1.82, 2.24) is 9.88 Å². The molecule has 0 aliphatic carbocycles. The molecule has 0 amide bonds. The van der Waals surface area contributed by atoms with Gasteiger partial charge in [-0.1, -0.05) is 23.4 Å². The summed E-state index contributed by atoms with van der Waals surface area (Å²) in [6, 6.07) is 11.6. The summed E-state index contributed by atoms with van der Waals surface area (Å²) in [7, 11) is 0. The zero-order chi connectivity index (χ0) is 17.5. The fraction of sp³-hybridized carbons (Fsp3) is 0.421. The number of piperazine rings is 1. The number of aromatic nitrogens is 1. The van der Waals surface area contributed by atoms with E-state index < -0.39 is 6.04 Å². The van der Waals surface area contributed by atoms with Crippen LogP contribution in [0.3, 0.4) is 0 Å². The monoisotopic (exact) mass is 342 g/mol. The number of nitroso groups, excluding NO2 is 1. The molecular formula is C19H23FN4O. The molecule has 2 aromatic rings. The minimum Gasteiger partial charge on any atom is -0.354 e. The van der Waals surface area contributed by atoms with Crippen molar-refractivity contribution in [2.75, 3.05) is 37.6 Å². The molecule has 1 aliphatic heterocycles. The van der Waals surface area contributed by atoms with Crippen molar-refractivity contribution < 1.29 is 4.39 Å². The van der Waals surface area contributed by atoms with E-state index in [1.165, 1.54) is 12.1 Å². The van der Waals surface area contributed by atoms with Gasteiger partial charge in [-0.2, -0.15) is 4.91 Å². The number of pyridine rings is 1. The second-order valence-electron chi connectivity index (χ2n) is 6.33. The van der Waals surface area contributed by atoms with E-state index in [9.17, 15) is 9.30 Å². The Kier molecular flexibility index (Phi) is 6.06. The van der Waals surface area contributed by atoms with Crippen LogP contribution in [0, 0.1) is 10.7 Å². The lowest BCUT2D eigenvalue weighted by Crippen LogP contribution is -2.46. The Labute approximate surface area is 147 Å². The third kappa shape index (κ3) is 4.82. The summed E-state index contributed by atoms with van der Waals surface area (Å²) in [5, 5.41) is 3.21. The van der Waals surface area contributed by atoms with Crippen molar-refractivity contribution in [2.45, 2.75) is 18.9 Å². The van der Waals surface area contributed by atoms with Gasteiger partial charge in [0, 0.05) is 32.4 Å². The highest BCUT2D eigenvalue weighted by molar-refractivity contribution is 5.38. The van der Waals surface area contributed by atoms with Crippen molar-refractivity contribution in [2.24, 2.45) is 5.18 Å². The van der Waals surface area contributed by atoms with Gasteiger partial charge in [0.2, 0.25) is 0 Å². The van der Waals surface area contributed by atoms with Crippen LogP contribution in [0.15, 0.2) is 53.8 Å². The summed E-state index contributed by atoms with van der Waals surface area (Å²) in [6.45, 7) is 4.86. The predicted molar refractivity (Wildman–Crippen MR) is 97.1 cm³/mol. The lowest BCUT2D eigenvalue weighted by Gasteiger charge is -2.35. The van der Waals surface area contributed by atoms with Gasteiger partial charge in [0.25, 0.3) is 0 Å². The zero-order valence-electron chi connectivity index (χ0n) is 14.2. The Hall–Kier alpha value is -2.34. The number of nitrogens with zero attached hydrogens (tertiary/aromatic N) is 4. The van der Waals surface area contributed by atoms with Crippen molar-refractivity contribution in [1.29, 1.82) is 0 Å². The summed E-state index contributed by atoms with van der Waals surface area (Å²) in [5.41, 5.74) is 0.788. The number of hydrogen-bond donors (Lipinski definition) is 0. The van der Waals surface area contributed by atoms with Gasteiger partial charge in [-0.15, -0.1) is 0 Å². The van der Waals surface area contributed by atoms with Crippen molar-refractivity contribution in [3.05, 3.63) is 64.9 Å². The molecule has 1 saturated heterocycles. The Morgan fingerprint density at radius 3 is 2.48 bits per heavy atom. The van der Waals surface area contributed by atoms with Gasteiger partial charge in [-0.05, 0) is 49.2 Å². The Morgan fingerprint density at radius 2 is 1.84 bits per heavy atom. The molecule has 0 N–H and O–H groups in total. The molecule has 6 heteroatoms. The van der Waals surface area contributed by atoms with E-state index in [1.54, 1.807) is 12.1 Å². The highest BCUT2D eigenvalue weighted by atomic mass is 19.1. The normalized spacial score (nSPS) is 16.6. The first-order valence-electron chi connectivity index (χ1n) is 8.72. The van der Waals surface area contributed by atoms with Gasteiger partial charge < -0.3 is 4.90 Å². The molecule has 1 aromatic carbocycles. The first kappa shape index (κ1) is 17.5. The number of hydrogen-bond acceptors (Lipinski definition) is 5. The second-order valence-corrected chi connectivity index (χ2v) is 6.33. The minimum atomic E-state index is -0.393. The van der Waals surface area contributed by atoms with Gasteiger partial charge in [0.05, 0.1) is 0 Å². The first-order valence-corrected chi connectivity index (χ1v) is 8.72. The van der Waals surface area contributed by atoms with E-state index in [4.69, 9.17) is 0 Å². The molecule has 1 atom stereocenters. The molecule has 1 unspecified atom stereocenters. The highest BCUT2D eigenvalue weighted by Crippen LogP contribution is 2.23. The number of benzene rings is 1. The van der Waals surface area contributed by atoms with Crippen LogP contribution in [0.5, 0.6) is 0 Å². The molecule has 25 heavy (non-hydrogen) atoms. The van der Waals surface area contributed by atoms with E-state index in [0.29, 0.717) is 6.42 Å². The number of rotatable bonds is 7. The van der Waals surface area contributed by atoms with Crippen LogP contribution < -0.4 is 4.90 Å². The maximum atomic E-state index is 13.0. The molecular weight excluding hydrogens is 319 g/mol. The topological polar surface area (TPSA) is 48.8 Å². The van der Waals surface area contributed by atoms with Crippen molar-refractivity contribution in [3.8, 4) is 0 Å². The summed E-state index contributed by atoms with van der Waals surface area (Å²) in [5.74, 6) is 0.739. The minimum absolute atomic E-state index is 0.292. The van der Waals surface area contributed by atoms with Gasteiger partial charge in [0.15, 0.2) is 0 Å². The molecule has 2 heterocycles. The van der Waals surface area contributed by atoms with E-state index in [0.717, 1.165) is 50.5 Å². The molecule has 1 fully saturated rings. The van der Waals surface area contributed by atoms with Crippen molar-refractivity contribution >= 4 is 5.82 Å². The predicted octanol–water partition coefficient (Wildman–Crippen LogP) is 3.63. The van der Waals surface area contributed by atoms with E-state index >= 15 is 0 Å². The van der Waals surface area contributed by atoms with Crippen LogP contribution in [0.25, 0.3) is 0 Å². The van der Waals surface area contributed by atoms with Crippen LogP contribution in [0.4, 0.5) is 10.2 Å². The van der Waals surface area contributed by atoms with Crippen molar-refractivity contribution in [3.63, 3.8) is 0 Å². The van der Waals surface area contributed by atoms with Gasteiger partial charge in [-0.25, -0.2) is 9.37 Å². The molecule has 0 bridgehead atoms. The zero-order valence-corrected chi connectivity index (χ0v) is 14.2. The largest absolute Gasteiger partial charge is 0.354 e. The molecule has 0 radical (unpaired) electrons. The van der Waals surface area contributed by atoms with Crippen LogP contribution in [-0.2, 0) is 0 Å². The maximum Gasteiger partial charge on any atom is 0.128 e. The van der Waals surface area contributed by atoms with Crippen LogP contribution in [0.2, 0.25) is 0 Å². The molecule has 3 rings (SSSR count). The van der Waals surface area contributed by atoms with Crippen LogP contribution in [-0.4, -0.2) is 42.6 Å². The Balaban J connectivity index is 1.42. The molecule has 1 aromatic heterocycles. The third-order valence-corrected chi connectivity index (χ3v) is 4.68. The summed E-state index contributed by atoms with van der Waals surface area (Å²) < 4.78 is 13.0. The second kappa shape index (κ2) is 8.67. The highest BCUT2D eigenvalue weighted by Gasteiger charge is 2.18. The molecule has 5 nitrogen and oxygen atoms in total. The molecule has 0 saturated carbocycles. The van der Waals surface area contributed by atoms with Gasteiger partial charge in [0.1, 0.15) is 17.7 Å². The standard InChI is InChI=1S/C19H23FN4O/c20-17-8-6-16(7-9-17)18(22-25)4-3-11-23-12-14-24(15-13-23)19-5-1-2-10-21-19/h1-2,5-10,18H,3-4,11-15H2. The fourth-order valence-corrected chi connectivity index (χ4v) is 3.21. The molecule has 1 aliphatic rings. The molecule has 132 valence electrons. The third-order valence-electron chi connectivity index (χ3n) is 4.68. The van der Waals surface area contributed by atoms with E-state index in [-0.39, 0.29) is 5.82 Å². The van der Waals surface area contributed by atoms with Gasteiger partial charge >= 0.3 is 0 Å². The van der Waals surface area contributed by atoms with Crippen LogP contribution >= 0.6 is 0 Å². The number of halogens is 1. The fourth-order valence-electron chi connectivity index (χ4n) is 3.21. The lowest BCUT2D eigenvalue weighted by molar-refractivity contribution is 0.250. The number of anilines is 1. The summed E-state index contributed by atoms with van der Waals surface area (Å²) >= 11 is 0. The Morgan fingerprint density at radius 1 is 1.08 bits per heavy atom. The lowest BCUT2D eigenvalue weighted by atomic mass is 10.0. The van der Waals surface area contributed by atoms with E-state index in [1.807, 2.05) is 24.4 Å². The summed E-state index contributed by atoms with van der Waals surface area (Å²) in [4.78, 5) is 20.2. The molecule has 0 spiro atoms. The SMILES string of the molecule is O=NC(CCCN1CCN(c2ccccn2)CC1)c1ccc(F)cc1. The quantitative estimate of drug-likeness (QED) is 0.721.